The van der Waals surface area contributed by atoms with Crippen LogP contribution < -0.4 is 0 Å². The SMILES string of the molecule is Cl.O=C(CCl)N1CCN(Cc2cccc3ccccc23)CC1. The highest BCUT2D eigenvalue weighted by atomic mass is 35.5. The third-order valence-electron chi connectivity index (χ3n) is 4.11. The van der Waals surface area contributed by atoms with E-state index < -0.39 is 0 Å². The van der Waals surface area contributed by atoms with Crippen LogP contribution in [0.1, 0.15) is 5.56 Å². The van der Waals surface area contributed by atoms with Crippen molar-refractivity contribution in [1.29, 1.82) is 0 Å². The number of hydrogen-bond donors (Lipinski definition) is 0. The number of rotatable bonds is 3. The minimum absolute atomic E-state index is 0. The zero-order valence-corrected chi connectivity index (χ0v) is 13.9. The highest BCUT2D eigenvalue weighted by Crippen LogP contribution is 2.20. The van der Waals surface area contributed by atoms with Crippen molar-refractivity contribution >= 4 is 40.7 Å². The van der Waals surface area contributed by atoms with Gasteiger partial charge in [0, 0.05) is 32.7 Å². The minimum Gasteiger partial charge on any atom is -0.339 e. The van der Waals surface area contributed by atoms with Crippen molar-refractivity contribution < 1.29 is 4.79 Å². The first-order valence-electron chi connectivity index (χ1n) is 7.30. The summed E-state index contributed by atoms with van der Waals surface area (Å²) in [7, 11) is 0. The molecule has 0 spiro atoms. The Morgan fingerprint density at radius 3 is 2.41 bits per heavy atom. The van der Waals surface area contributed by atoms with Crippen LogP contribution in [0.2, 0.25) is 0 Å². The molecule has 0 saturated carbocycles. The van der Waals surface area contributed by atoms with Crippen molar-refractivity contribution in [3.63, 3.8) is 0 Å². The first kappa shape index (κ1) is 17.1. The second-order valence-electron chi connectivity index (χ2n) is 5.43. The highest BCUT2D eigenvalue weighted by Gasteiger charge is 2.20. The fourth-order valence-electron chi connectivity index (χ4n) is 2.91. The lowest BCUT2D eigenvalue weighted by molar-refractivity contribution is -0.130. The molecule has 2 aromatic carbocycles. The van der Waals surface area contributed by atoms with Gasteiger partial charge in [-0.1, -0.05) is 42.5 Å². The lowest BCUT2D eigenvalue weighted by atomic mass is 10.0. The standard InChI is InChI=1S/C17H19ClN2O.ClH/c18-12-17(21)20-10-8-19(9-11-20)13-15-6-3-5-14-4-1-2-7-16(14)15;/h1-7H,8-13H2;1H. The van der Waals surface area contributed by atoms with E-state index in [0.717, 1.165) is 32.7 Å². The van der Waals surface area contributed by atoms with Gasteiger partial charge in [0.25, 0.3) is 0 Å². The Morgan fingerprint density at radius 1 is 1.00 bits per heavy atom. The Bertz CT molecular complexity index is 634. The first-order chi connectivity index (χ1) is 10.3. The third kappa shape index (κ3) is 3.72. The topological polar surface area (TPSA) is 23.6 Å². The van der Waals surface area contributed by atoms with Crippen molar-refractivity contribution in [3.05, 3.63) is 48.0 Å². The molecule has 2 aromatic rings. The van der Waals surface area contributed by atoms with Crippen LogP contribution >= 0.6 is 24.0 Å². The average molecular weight is 339 g/mol. The minimum atomic E-state index is 0. The number of nitrogens with zero attached hydrogens (tertiary/aromatic N) is 2. The summed E-state index contributed by atoms with van der Waals surface area (Å²) in [6, 6.07) is 14.9. The lowest BCUT2D eigenvalue weighted by Crippen LogP contribution is -2.48. The van der Waals surface area contributed by atoms with E-state index >= 15 is 0 Å². The Hall–Kier alpha value is -1.29. The molecule has 0 radical (unpaired) electrons. The van der Waals surface area contributed by atoms with Crippen LogP contribution in [0.3, 0.4) is 0 Å². The second-order valence-corrected chi connectivity index (χ2v) is 5.70. The van der Waals surface area contributed by atoms with E-state index in [1.807, 2.05) is 4.90 Å². The van der Waals surface area contributed by atoms with Crippen LogP contribution in [0.4, 0.5) is 0 Å². The Kier molecular flexibility index (Phi) is 6.07. The fourth-order valence-corrected chi connectivity index (χ4v) is 3.08. The molecule has 0 unspecified atom stereocenters. The molecule has 3 nitrogen and oxygen atoms in total. The van der Waals surface area contributed by atoms with E-state index in [9.17, 15) is 4.79 Å². The van der Waals surface area contributed by atoms with Gasteiger partial charge >= 0.3 is 0 Å². The zero-order valence-electron chi connectivity index (χ0n) is 12.4. The van der Waals surface area contributed by atoms with E-state index in [2.05, 4.69) is 47.4 Å². The van der Waals surface area contributed by atoms with Gasteiger partial charge in [0.15, 0.2) is 0 Å². The van der Waals surface area contributed by atoms with Crippen LogP contribution in [-0.2, 0) is 11.3 Å². The largest absolute Gasteiger partial charge is 0.339 e. The molecule has 1 aliphatic rings. The van der Waals surface area contributed by atoms with Gasteiger partial charge in [0.05, 0.1) is 0 Å². The summed E-state index contributed by atoms with van der Waals surface area (Å²) < 4.78 is 0. The molecule has 0 aromatic heterocycles. The molecular weight excluding hydrogens is 319 g/mol. The summed E-state index contributed by atoms with van der Waals surface area (Å²) in [6.07, 6.45) is 0. The summed E-state index contributed by atoms with van der Waals surface area (Å²) >= 11 is 5.61. The Balaban J connectivity index is 0.00000176. The maximum absolute atomic E-state index is 11.6. The van der Waals surface area contributed by atoms with Gasteiger partial charge in [-0.05, 0) is 16.3 Å². The van der Waals surface area contributed by atoms with E-state index in [0.29, 0.717) is 0 Å². The smallest absolute Gasteiger partial charge is 0.237 e. The van der Waals surface area contributed by atoms with Crippen LogP contribution in [0, 0.1) is 0 Å². The number of fused-ring (bicyclic) bond motifs is 1. The van der Waals surface area contributed by atoms with Crippen molar-refractivity contribution in [1.82, 2.24) is 9.80 Å². The number of benzene rings is 2. The molecular formula is C17H20Cl2N2O. The van der Waals surface area contributed by atoms with Crippen molar-refractivity contribution in [3.8, 4) is 0 Å². The van der Waals surface area contributed by atoms with Crippen molar-refractivity contribution in [2.45, 2.75) is 6.54 Å². The number of hydrogen-bond acceptors (Lipinski definition) is 2. The second kappa shape index (κ2) is 7.82. The molecule has 0 aliphatic carbocycles. The predicted octanol–water partition coefficient (Wildman–Crippen LogP) is 3.14. The van der Waals surface area contributed by atoms with E-state index in [1.54, 1.807) is 0 Å². The molecule has 22 heavy (non-hydrogen) atoms. The first-order valence-corrected chi connectivity index (χ1v) is 7.84. The summed E-state index contributed by atoms with van der Waals surface area (Å²) in [5, 5.41) is 2.60. The number of halogens is 2. The molecule has 3 rings (SSSR count). The van der Waals surface area contributed by atoms with Gasteiger partial charge in [-0.2, -0.15) is 0 Å². The predicted molar refractivity (Wildman–Crippen MR) is 93.8 cm³/mol. The number of piperazine rings is 1. The Labute approximate surface area is 142 Å². The van der Waals surface area contributed by atoms with E-state index in [-0.39, 0.29) is 24.2 Å². The lowest BCUT2D eigenvalue weighted by Gasteiger charge is -2.34. The van der Waals surface area contributed by atoms with Gasteiger partial charge in [-0.3, -0.25) is 9.69 Å². The van der Waals surface area contributed by atoms with E-state index in [4.69, 9.17) is 11.6 Å². The summed E-state index contributed by atoms with van der Waals surface area (Å²) in [6.45, 7) is 4.30. The zero-order chi connectivity index (χ0) is 14.7. The molecule has 0 N–H and O–H groups in total. The number of carbonyl (C=O) groups excluding carboxylic acids is 1. The summed E-state index contributed by atoms with van der Waals surface area (Å²) in [4.78, 5) is 15.8. The maximum atomic E-state index is 11.6. The van der Waals surface area contributed by atoms with Crippen LogP contribution in [0.5, 0.6) is 0 Å². The molecule has 0 bridgehead atoms. The van der Waals surface area contributed by atoms with Gasteiger partial charge in [0.2, 0.25) is 5.91 Å². The summed E-state index contributed by atoms with van der Waals surface area (Å²) in [5.41, 5.74) is 1.35. The maximum Gasteiger partial charge on any atom is 0.237 e. The number of amides is 1. The van der Waals surface area contributed by atoms with E-state index in [1.165, 1.54) is 16.3 Å². The van der Waals surface area contributed by atoms with Crippen LogP contribution in [0.25, 0.3) is 10.8 Å². The highest BCUT2D eigenvalue weighted by molar-refractivity contribution is 6.27. The van der Waals surface area contributed by atoms with Crippen LogP contribution in [-0.4, -0.2) is 47.8 Å². The molecule has 0 atom stereocenters. The molecule has 1 heterocycles. The summed E-state index contributed by atoms with van der Waals surface area (Å²) in [5.74, 6) is 0.130. The number of carbonyl (C=O) groups is 1. The van der Waals surface area contributed by atoms with Gasteiger partial charge in [0.1, 0.15) is 5.88 Å². The Morgan fingerprint density at radius 2 is 1.68 bits per heavy atom. The fraction of sp³-hybridized carbons (Fsp3) is 0.353. The van der Waals surface area contributed by atoms with Crippen molar-refractivity contribution in [2.75, 3.05) is 32.1 Å². The quantitative estimate of drug-likeness (QED) is 0.802. The molecule has 1 fully saturated rings. The molecule has 1 saturated heterocycles. The molecule has 1 amide bonds. The van der Waals surface area contributed by atoms with Crippen molar-refractivity contribution in [2.24, 2.45) is 0 Å². The number of alkyl halides is 1. The average Bonchev–Trinajstić information content (AvgIpc) is 2.55. The monoisotopic (exact) mass is 338 g/mol. The van der Waals surface area contributed by atoms with Gasteiger partial charge < -0.3 is 4.90 Å². The molecule has 118 valence electrons. The van der Waals surface area contributed by atoms with Gasteiger partial charge in [-0.25, -0.2) is 0 Å². The molecule has 1 aliphatic heterocycles. The van der Waals surface area contributed by atoms with Crippen LogP contribution in [0.15, 0.2) is 42.5 Å². The normalized spacial score (nSPS) is 15.6. The third-order valence-corrected chi connectivity index (χ3v) is 4.34. The van der Waals surface area contributed by atoms with Gasteiger partial charge in [-0.15, -0.1) is 24.0 Å². The molecule has 5 heteroatoms.